The van der Waals surface area contributed by atoms with E-state index in [0.717, 1.165) is 36.5 Å². The van der Waals surface area contributed by atoms with Gasteiger partial charge in [0, 0.05) is 43.2 Å². The van der Waals surface area contributed by atoms with Gasteiger partial charge < -0.3 is 19.9 Å². The molecular weight excluding hydrogens is 366 g/mol. The number of rotatable bonds is 4. The number of nitrogens with zero attached hydrogens (tertiary/aromatic N) is 3. The van der Waals surface area contributed by atoms with Crippen molar-refractivity contribution in [2.75, 3.05) is 25.1 Å². The molecular formula is C22H27N5O2. The maximum atomic E-state index is 12.7. The zero-order valence-electron chi connectivity index (χ0n) is 17.3. The first-order valence-corrected chi connectivity index (χ1v) is 9.89. The fourth-order valence-electron chi connectivity index (χ4n) is 3.63. The number of aromatic nitrogens is 3. The molecule has 0 spiro atoms. The molecule has 7 nitrogen and oxygen atoms in total. The fourth-order valence-corrected chi connectivity index (χ4v) is 3.63. The average Bonchev–Trinajstić information content (AvgIpc) is 3.33. The van der Waals surface area contributed by atoms with Gasteiger partial charge in [-0.3, -0.25) is 4.79 Å². The van der Waals surface area contributed by atoms with E-state index in [4.69, 9.17) is 9.72 Å². The van der Waals surface area contributed by atoms with Gasteiger partial charge in [-0.05, 0) is 39.3 Å². The van der Waals surface area contributed by atoms with Gasteiger partial charge >= 0.3 is 0 Å². The van der Waals surface area contributed by atoms with Gasteiger partial charge in [0.1, 0.15) is 5.52 Å². The molecule has 1 saturated heterocycles. The van der Waals surface area contributed by atoms with E-state index < -0.39 is 0 Å². The lowest BCUT2D eigenvalue weighted by molar-refractivity contribution is 0.0921. The highest BCUT2D eigenvalue weighted by Crippen LogP contribution is 2.27. The van der Waals surface area contributed by atoms with E-state index in [0.29, 0.717) is 16.7 Å². The number of carbonyl (C=O) groups is 1. The van der Waals surface area contributed by atoms with Crippen molar-refractivity contribution in [1.29, 1.82) is 0 Å². The van der Waals surface area contributed by atoms with Gasteiger partial charge in [-0.1, -0.05) is 12.1 Å². The molecule has 7 heteroatoms. The summed E-state index contributed by atoms with van der Waals surface area (Å²) in [5.74, 6) is -0.161. The highest BCUT2D eigenvalue weighted by molar-refractivity contribution is 6.05. The van der Waals surface area contributed by atoms with E-state index in [-0.39, 0.29) is 17.6 Å². The van der Waals surface area contributed by atoms with Crippen LogP contribution < -0.4 is 10.2 Å². The molecule has 1 aromatic carbocycles. The van der Waals surface area contributed by atoms with Crippen LogP contribution in [0.5, 0.6) is 0 Å². The average molecular weight is 393 g/mol. The monoisotopic (exact) mass is 393 g/mol. The molecule has 152 valence electrons. The van der Waals surface area contributed by atoms with Crippen molar-refractivity contribution < 1.29 is 9.53 Å². The van der Waals surface area contributed by atoms with Crippen molar-refractivity contribution in [3.05, 3.63) is 42.2 Å². The number of hydrogen-bond acceptors (Lipinski definition) is 5. The molecule has 0 bridgehead atoms. The maximum Gasteiger partial charge on any atom is 0.255 e. The van der Waals surface area contributed by atoms with Crippen molar-refractivity contribution in [3.8, 4) is 11.3 Å². The Labute approximate surface area is 170 Å². The Morgan fingerprint density at radius 1 is 1.34 bits per heavy atom. The molecule has 1 aliphatic heterocycles. The van der Waals surface area contributed by atoms with Gasteiger partial charge in [-0.15, -0.1) is 0 Å². The second-order valence-corrected chi connectivity index (χ2v) is 8.50. The summed E-state index contributed by atoms with van der Waals surface area (Å²) in [7, 11) is 1.76. The van der Waals surface area contributed by atoms with E-state index in [1.807, 2.05) is 32.9 Å². The highest BCUT2D eigenvalue weighted by atomic mass is 16.5. The van der Waals surface area contributed by atoms with Crippen LogP contribution in [0.1, 0.15) is 37.6 Å². The number of methoxy groups -OCH3 is 1. The van der Waals surface area contributed by atoms with E-state index in [1.165, 1.54) is 0 Å². The Morgan fingerprint density at radius 3 is 2.90 bits per heavy atom. The number of H-pyrrole nitrogens is 1. The Hall–Kier alpha value is -2.93. The molecule has 0 saturated carbocycles. The quantitative estimate of drug-likeness (QED) is 0.710. The van der Waals surface area contributed by atoms with Crippen LogP contribution in [0.4, 0.5) is 5.69 Å². The number of benzene rings is 1. The molecule has 0 aliphatic carbocycles. The number of aromatic amines is 1. The number of ether oxygens (including phenoxy) is 1. The smallest absolute Gasteiger partial charge is 0.255 e. The summed E-state index contributed by atoms with van der Waals surface area (Å²) in [5.41, 5.74) is 4.22. The summed E-state index contributed by atoms with van der Waals surface area (Å²) >= 11 is 0. The maximum absolute atomic E-state index is 12.7. The molecule has 1 fully saturated rings. The van der Waals surface area contributed by atoms with Crippen LogP contribution in [0, 0.1) is 0 Å². The van der Waals surface area contributed by atoms with Crippen LogP contribution in [0.3, 0.4) is 0 Å². The number of nitrogens with one attached hydrogen (secondary N) is 2. The third-order valence-electron chi connectivity index (χ3n) is 5.10. The topological polar surface area (TPSA) is 83.1 Å². The third-order valence-corrected chi connectivity index (χ3v) is 5.10. The first-order valence-electron chi connectivity index (χ1n) is 9.89. The minimum atomic E-state index is -0.324. The number of amides is 1. The van der Waals surface area contributed by atoms with E-state index in [1.54, 1.807) is 19.5 Å². The molecule has 1 amide bonds. The van der Waals surface area contributed by atoms with Crippen LogP contribution in [0.15, 0.2) is 36.7 Å². The van der Waals surface area contributed by atoms with Gasteiger partial charge in [0.15, 0.2) is 5.65 Å². The largest absolute Gasteiger partial charge is 0.380 e. The van der Waals surface area contributed by atoms with Crippen molar-refractivity contribution in [2.24, 2.45) is 0 Å². The molecule has 1 aliphatic rings. The number of hydrogen-bond donors (Lipinski definition) is 2. The summed E-state index contributed by atoms with van der Waals surface area (Å²) < 4.78 is 5.48. The van der Waals surface area contributed by atoms with E-state index in [2.05, 4.69) is 32.3 Å². The molecule has 2 aromatic heterocycles. The molecule has 3 aromatic rings. The zero-order chi connectivity index (χ0) is 20.6. The van der Waals surface area contributed by atoms with Gasteiger partial charge in [0.05, 0.1) is 23.6 Å². The lowest BCUT2D eigenvalue weighted by atomic mass is 10.1. The predicted octanol–water partition coefficient (Wildman–Crippen LogP) is 3.38. The van der Waals surface area contributed by atoms with Crippen LogP contribution in [-0.4, -0.2) is 52.7 Å². The van der Waals surface area contributed by atoms with Crippen molar-refractivity contribution >= 4 is 22.8 Å². The number of anilines is 1. The van der Waals surface area contributed by atoms with Gasteiger partial charge in [0.2, 0.25) is 0 Å². The normalized spacial score (nSPS) is 17.1. The molecule has 0 radical (unpaired) electrons. The van der Waals surface area contributed by atoms with Crippen molar-refractivity contribution in [3.63, 3.8) is 0 Å². The Kier molecular flexibility index (Phi) is 5.00. The minimum Gasteiger partial charge on any atom is -0.380 e. The third kappa shape index (κ3) is 4.10. The standard InChI is InChI=1S/C22H27N5O2/c1-22(2,3)26-21(28)17-11-23-20-19(17)25-18(12-24-20)14-6-5-7-15(10-14)27-9-8-16(13-27)29-4/h5-7,10-12,16H,8-9,13H2,1-4H3,(H,23,24)(H,26,28). The SMILES string of the molecule is COC1CCN(c2cccc(-c3cnc4[nH]cc(C(=O)NC(C)(C)C)c4n3)c2)C1. The summed E-state index contributed by atoms with van der Waals surface area (Å²) in [6.07, 6.45) is 4.72. The molecule has 2 N–H and O–H groups in total. The lowest BCUT2D eigenvalue weighted by Crippen LogP contribution is -2.40. The highest BCUT2D eigenvalue weighted by Gasteiger charge is 2.23. The lowest BCUT2D eigenvalue weighted by Gasteiger charge is -2.20. The molecule has 29 heavy (non-hydrogen) atoms. The Balaban J connectivity index is 1.66. The van der Waals surface area contributed by atoms with Crippen molar-refractivity contribution in [1.82, 2.24) is 20.3 Å². The second-order valence-electron chi connectivity index (χ2n) is 8.50. The minimum absolute atomic E-state index is 0.161. The Bertz CT molecular complexity index is 1040. The second kappa shape index (κ2) is 7.48. The summed E-state index contributed by atoms with van der Waals surface area (Å²) in [6, 6.07) is 8.27. The molecule has 1 atom stereocenters. The summed E-state index contributed by atoms with van der Waals surface area (Å²) in [6.45, 7) is 7.72. The summed E-state index contributed by atoms with van der Waals surface area (Å²) in [4.78, 5) is 27.3. The number of carbonyl (C=O) groups excluding carboxylic acids is 1. The number of fused-ring (bicyclic) bond motifs is 1. The van der Waals surface area contributed by atoms with Crippen LogP contribution >= 0.6 is 0 Å². The van der Waals surface area contributed by atoms with Gasteiger partial charge in [-0.2, -0.15) is 0 Å². The van der Waals surface area contributed by atoms with Crippen molar-refractivity contribution in [2.45, 2.75) is 38.8 Å². The zero-order valence-corrected chi connectivity index (χ0v) is 17.3. The van der Waals surface area contributed by atoms with Gasteiger partial charge in [0.25, 0.3) is 5.91 Å². The van der Waals surface area contributed by atoms with Crippen LogP contribution in [0.2, 0.25) is 0 Å². The first kappa shape index (κ1) is 19.4. The summed E-state index contributed by atoms with van der Waals surface area (Å²) in [5, 5.41) is 2.98. The van der Waals surface area contributed by atoms with Gasteiger partial charge in [-0.25, -0.2) is 9.97 Å². The molecule has 3 heterocycles. The Morgan fingerprint density at radius 2 is 2.17 bits per heavy atom. The van der Waals surface area contributed by atoms with E-state index >= 15 is 0 Å². The molecule has 4 rings (SSSR count). The van der Waals surface area contributed by atoms with Crippen LogP contribution in [0.25, 0.3) is 22.4 Å². The van der Waals surface area contributed by atoms with E-state index in [9.17, 15) is 4.79 Å². The fraction of sp³-hybridized carbons (Fsp3) is 0.409. The first-order chi connectivity index (χ1) is 13.8. The predicted molar refractivity (Wildman–Crippen MR) is 114 cm³/mol. The molecule has 1 unspecified atom stereocenters. The van der Waals surface area contributed by atoms with Crippen LogP contribution in [-0.2, 0) is 4.74 Å².